The Morgan fingerprint density at radius 3 is 1.76 bits per heavy atom. The zero-order valence-corrected chi connectivity index (χ0v) is 15.6. The lowest BCUT2D eigenvalue weighted by atomic mass is 10.1. The van der Waals surface area contributed by atoms with E-state index in [1.165, 1.54) is 6.07 Å². The third-order valence-corrected chi connectivity index (χ3v) is 5.04. The zero-order valence-electron chi connectivity index (χ0n) is 15.6. The third kappa shape index (κ3) is 3.89. The Morgan fingerprint density at radius 2 is 1.21 bits per heavy atom. The number of hydrogen-bond donors (Lipinski definition) is 0. The molecule has 0 aliphatic carbocycles. The van der Waals surface area contributed by atoms with E-state index in [4.69, 9.17) is 0 Å². The van der Waals surface area contributed by atoms with Gasteiger partial charge in [0, 0.05) is 55.4 Å². The van der Waals surface area contributed by atoms with Crippen LogP contribution in [0.4, 0.5) is 8.78 Å². The van der Waals surface area contributed by atoms with Crippen LogP contribution in [0.1, 0.15) is 20.7 Å². The smallest absolute Gasteiger partial charge is 0.254 e. The first-order chi connectivity index (χ1) is 14.0. The van der Waals surface area contributed by atoms with Crippen LogP contribution < -0.4 is 0 Å². The average molecular weight is 395 g/mol. The lowest BCUT2D eigenvalue weighted by Gasteiger charge is -2.35. The Balaban J connectivity index is 1.38. The second kappa shape index (κ2) is 7.87. The van der Waals surface area contributed by atoms with Crippen molar-refractivity contribution in [3.8, 4) is 5.69 Å². The monoisotopic (exact) mass is 395 g/mol. The number of carbonyl (C=O) groups is 2. The highest BCUT2D eigenvalue weighted by molar-refractivity contribution is 5.96. The molecule has 4 rings (SSSR count). The van der Waals surface area contributed by atoms with E-state index in [0.717, 1.165) is 17.8 Å². The van der Waals surface area contributed by atoms with Crippen LogP contribution in [0, 0.1) is 11.6 Å². The number of rotatable bonds is 3. The minimum Gasteiger partial charge on any atom is -0.335 e. The number of nitrogens with zero attached hydrogens (tertiary/aromatic N) is 3. The molecule has 1 saturated heterocycles. The number of aromatic nitrogens is 1. The molecule has 29 heavy (non-hydrogen) atoms. The van der Waals surface area contributed by atoms with Crippen LogP contribution in [0.5, 0.6) is 0 Å². The molecular formula is C22H19F2N3O2. The number of benzene rings is 2. The van der Waals surface area contributed by atoms with Crippen LogP contribution in [0.15, 0.2) is 67.0 Å². The van der Waals surface area contributed by atoms with Gasteiger partial charge in [0.15, 0.2) is 11.6 Å². The number of piperazine rings is 1. The van der Waals surface area contributed by atoms with Gasteiger partial charge in [0.05, 0.1) is 0 Å². The molecule has 0 saturated carbocycles. The van der Waals surface area contributed by atoms with Gasteiger partial charge in [-0.1, -0.05) is 0 Å². The summed E-state index contributed by atoms with van der Waals surface area (Å²) in [5, 5.41) is 0. The van der Waals surface area contributed by atoms with Crippen LogP contribution in [0.25, 0.3) is 5.69 Å². The molecule has 2 heterocycles. The molecule has 3 aromatic rings. The van der Waals surface area contributed by atoms with Gasteiger partial charge in [-0.25, -0.2) is 8.78 Å². The fourth-order valence-electron chi connectivity index (χ4n) is 3.39. The minimum atomic E-state index is -1.05. The minimum absolute atomic E-state index is 0.0935. The Hall–Kier alpha value is -3.48. The molecule has 2 aromatic carbocycles. The molecule has 0 N–H and O–H groups in total. The summed E-state index contributed by atoms with van der Waals surface area (Å²) < 4.78 is 28.4. The molecule has 0 unspecified atom stereocenters. The molecule has 7 heteroatoms. The standard InChI is InChI=1S/C22H19F2N3O2/c23-19-8-5-17(15-20(19)24)22(29)27-13-11-26(12-14-27)21(28)16-3-6-18(7-4-16)25-9-1-2-10-25/h1-10,15H,11-14H2. The summed E-state index contributed by atoms with van der Waals surface area (Å²) in [4.78, 5) is 28.5. The lowest BCUT2D eigenvalue weighted by Crippen LogP contribution is -2.50. The Morgan fingerprint density at radius 1 is 0.690 bits per heavy atom. The van der Waals surface area contributed by atoms with Gasteiger partial charge in [-0.3, -0.25) is 9.59 Å². The van der Waals surface area contributed by atoms with Crippen molar-refractivity contribution in [2.24, 2.45) is 0 Å². The van der Waals surface area contributed by atoms with Crippen molar-refractivity contribution in [2.45, 2.75) is 0 Å². The van der Waals surface area contributed by atoms with E-state index in [1.807, 2.05) is 41.2 Å². The zero-order chi connectivity index (χ0) is 20.4. The van der Waals surface area contributed by atoms with E-state index >= 15 is 0 Å². The highest BCUT2D eigenvalue weighted by Crippen LogP contribution is 2.16. The maximum absolute atomic E-state index is 13.4. The van der Waals surface area contributed by atoms with Crippen molar-refractivity contribution in [3.05, 3.63) is 89.8 Å². The summed E-state index contributed by atoms with van der Waals surface area (Å²) >= 11 is 0. The number of halogens is 2. The second-order valence-corrected chi connectivity index (χ2v) is 6.85. The molecule has 0 spiro atoms. The van der Waals surface area contributed by atoms with Crippen molar-refractivity contribution >= 4 is 11.8 Å². The second-order valence-electron chi connectivity index (χ2n) is 6.85. The highest BCUT2D eigenvalue weighted by Gasteiger charge is 2.26. The van der Waals surface area contributed by atoms with Gasteiger partial charge in [0.2, 0.25) is 0 Å². The Kier molecular flexibility index (Phi) is 5.12. The number of carbonyl (C=O) groups excluding carboxylic acids is 2. The van der Waals surface area contributed by atoms with E-state index in [2.05, 4.69) is 0 Å². The van der Waals surface area contributed by atoms with Crippen LogP contribution in [-0.4, -0.2) is 52.4 Å². The highest BCUT2D eigenvalue weighted by atomic mass is 19.2. The van der Waals surface area contributed by atoms with Crippen molar-refractivity contribution in [1.29, 1.82) is 0 Å². The molecule has 148 valence electrons. The molecular weight excluding hydrogens is 376 g/mol. The first kappa shape index (κ1) is 18.9. The van der Waals surface area contributed by atoms with Gasteiger partial charge in [0.1, 0.15) is 0 Å². The van der Waals surface area contributed by atoms with Crippen molar-refractivity contribution in [2.75, 3.05) is 26.2 Å². The van der Waals surface area contributed by atoms with Gasteiger partial charge in [0.25, 0.3) is 11.8 Å². The normalized spacial score (nSPS) is 14.1. The van der Waals surface area contributed by atoms with Crippen LogP contribution >= 0.6 is 0 Å². The molecule has 0 atom stereocenters. The first-order valence-corrected chi connectivity index (χ1v) is 9.30. The molecule has 0 bridgehead atoms. The molecule has 1 aliphatic rings. The topological polar surface area (TPSA) is 45.6 Å². The van der Waals surface area contributed by atoms with Gasteiger partial charge < -0.3 is 14.4 Å². The predicted molar refractivity (Wildman–Crippen MR) is 104 cm³/mol. The fraction of sp³-hybridized carbons (Fsp3) is 0.182. The third-order valence-electron chi connectivity index (χ3n) is 5.04. The van der Waals surface area contributed by atoms with E-state index in [9.17, 15) is 18.4 Å². The molecule has 1 fully saturated rings. The van der Waals surface area contributed by atoms with Crippen LogP contribution in [0.3, 0.4) is 0 Å². The summed E-state index contributed by atoms with van der Waals surface area (Å²) in [5.41, 5.74) is 1.65. The van der Waals surface area contributed by atoms with Gasteiger partial charge in [-0.15, -0.1) is 0 Å². The van der Waals surface area contributed by atoms with Crippen LogP contribution in [-0.2, 0) is 0 Å². The van der Waals surface area contributed by atoms with Crippen molar-refractivity contribution < 1.29 is 18.4 Å². The van der Waals surface area contributed by atoms with Gasteiger partial charge in [-0.2, -0.15) is 0 Å². The summed E-state index contributed by atoms with van der Waals surface area (Å²) in [6, 6.07) is 14.3. The average Bonchev–Trinajstić information content (AvgIpc) is 3.30. The SMILES string of the molecule is O=C(c1ccc(-n2cccc2)cc1)N1CCN(C(=O)c2ccc(F)c(F)c2)CC1. The molecule has 2 amide bonds. The van der Waals surface area contributed by atoms with Crippen molar-refractivity contribution in [1.82, 2.24) is 14.4 Å². The summed E-state index contributed by atoms with van der Waals surface area (Å²) in [6.45, 7) is 1.44. The van der Waals surface area contributed by atoms with Gasteiger partial charge >= 0.3 is 0 Å². The maximum atomic E-state index is 13.4. The first-order valence-electron chi connectivity index (χ1n) is 9.30. The molecule has 1 aliphatic heterocycles. The van der Waals surface area contributed by atoms with E-state index < -0.39 is 11.6 Å². The maximum Gasteiger partial charge on any atom is 0.254 e. The molecule has 5 nitrogen and oxygen atoms in total. The fourth-order valence-corrected chi connectivity index (χ4v) is 3.39. The predicted octanol–water partition coefficient (Wildman–Crippen LogP) is 3.35. The summed E-state index contributed by atoms with van der Waals surface area (Å²) in [6.07, 6.45) is 3.86. The Labute approximate surface area is 166 Å². The molecule has 0 radical (unpaired) electrons. The van der Waals surface area contributed by atoms with E-state index in [1.54, 1.807) is 21.9 Å². The number of hydrogen-bond acceptors (Lipinski definition) is 2. The summed E-state index contributed by atoms with van der Waals surface area (Å²) in [7, 11) is 0. The van der Waals surface area contributed by atoms with Crippen LogP contribution in [0.2, 0.25) is 0 Å². The number of amides is 2. The lowest BCUT2D eigenvalue weighted by molar-refractivity contribution is 0.0535. The van der Waals surface area contributed by atoms with E-state index in [0.29, 0.717) is 31.7 Å². The summed E-state index contributed by atoms with van der Waals surface area (Å²) in [5.74, 6) is -2.50. The molecule has 1 aromatic heterocycles. The quantitative estimate of drug-likeness (QED) is 0.683. The van der Waals surface area contributed by atoms with E-state index in [-0.39, 0.29) is 17.4 Å². The Bertz CT molecular complexity index is 1020. The van der Waals surface area contributed by atoms with Crippen molar-refractivity contribution in [3.63, 3.8) is 0 Å². The van der Waals surface area contributed by atoms with Gasteiger partial charge in [-0.05, 0) is 54.6 Å². The largest absolute Gasteiger partial charge is 0.335 e.